The van der Waals surface area contributed by atoms with Gasteiger partial charge in [0, 0.05) is 12.0 Å². The molecule has 3 amide bonds. The van der Waals surface area contributed by atoms with Crippen LogP contribution in [0.15, 0.2) is 36.4 Å². The quantitative estimate of drug-likeness (QED) is 0.758. The Morgan fingerprint density at radius 3 is 2.52 bits per heavy atom. The van der Waals surface area contributed by atoms with E-state index in [1.54, 1.807) is 6.07 Å². The molecule has 8 nitrogen and oxygen atoms in total. The third-order valence-corrected chi connectivity index (χ3v) is 4.43. The number of hydrogen-bond acceptors (Lipinski definition) is 5. The van der Waals surface area contributed by atoms with Crippen LogP contribution in [0, 0.1) is 0 Å². The molecule has 1 aromatic carbocycles. The number of hydrogen-bond donors (Lipinski definition) is 2. The summed E-state index contributed by atoms with van der Waals surface area (Å²) >= 11 is 0. The maximum atomic E-state index is 12.5. The van der Waals surface area contributed by atoms with E-state index in [9.17, 15) is 14.4 Å². The van der Waals surface area contributed by atoms with Gasteiger partial charge >= 0.3 is 12.0 Å². The van der Waals surface area contributed by atoms with Crippen LogP contribution < -0.4 is 10.6 Å². The highest BCUT2D eigenvalue weighted by Gasteiger charge is 2.30. The topological polar surface area (TPSA) is 102 Å². The van der Waals surface area contributed by atoms with E-state index in [0.29, 0.717) is 5.92 Å². The number of nitrogens with one attached hydrogen (secondary N) is 2. The fraction of sp³-hybridized carbons (Fsp3) is 0.368. The Bertz CT molecular complexity index is 869. The SMILES string of the molecule is O=C(COC(=O)c1cc(C2CC2)nn1-c1ccccc1)NC(=O)NC1CC1. The summed E-state index contributed by atoms with van der Waals surface area (Å²) in [5, 5.41) is 9.31. The van der Waals surface area contributed by atoms with Gasteiger partial charge in [0.2, 0.25) is 0 Å². The lowest BCUT2D eigenvalue weighted by Gasteiger charge is -2.08. The zero-order valence-corrected chi connectivity index (χ0v) is 14.7. The van der Waals surface area contributed by atoms with Crippen LogP contribution in [0.25, 0.3) is 5.69 Å². The fourth-order valence-electron chi connectivity index (χ4n) is 2.71. The molecule has 0 saturated heterocycles. The first-order valence-electron chi connectivity index (χ1n) is 9.03. The first-order valence-corrected chi connectivity index (χ1v) is 9.03. The van der Waals surface area contributed by atoms with Crippen molar-refractivity contribution >= 4 is 17.9 Å². The molecule has 0 radical (unpaired) electrons. The summed E-state index contributed by atoms with van der Waals surface area (Å²) in [4.78, 5) is 35.9. The second-order valence-corrected chi connectivity index (χ2v) is 6.85. The minimum Gasteiger partial charge on any atom is -0.451 e. The van der Waals surface area contributed by atoms with Gasteiger partial charge in [-0.25, -0.2) is 14.3 Å². The average molecular weight is 368 g/mol. The maximum absolute atomic E-state index is 12.5. The fourth-order valence-corrected chi connectivity index (χ4v) is 2.71. The van der Waals surface area contributed by atoms with Gasteiger partial charge in [0.1, 0.15) is 0 Å². The van der Waals surface area contributed by atoms with Crippen LogP contribution >= 0.6 is 0 Å². The highest BCUT2D eigenvalue weighted by molar-refractivity contribution is 5.97. The molecule has 0 atom stereocenters. The maximum Gasteiger partial charge on any atom is 0.357 e. The number of esters is 1. The van der Waals surface area contributed by atoms with Crippen LogP contribution in [0.3, 0.4) is 0 Å². The van der Waals surface area contributed by atoms with E-state index in [4.69, 9.17) is 4.74 Å². The van der Waals surface area contributed by atoms with Crippen LogP contribution in [-0.4, -0.2) is 40.3 Å². The smallest absolute Gasteiger partial charge is 0.357 e. The van der Waals surface area contributed by atoms with Crippen molar-refractivity contribution in [2.45, 2.75) is 37.6 Å². The molecule has 27 heavy (non-hydrogen) atoms. The zero-order chi connectivity index (χ0) is 18.8. The molecule has 1 heterocycles. The predicted octanol–water partition coefficient (Wildman–Crippen LogP) is 1.89. The van der Waals surface area contributed by atoms with Crippen LogP contribution in [0.4, 0.5) is 4.79 Å². The molecule has 0 bridgehead atoms. The van der Waals surface area contributed by atoms with Gasteiger partial charge in [0.05, 0.1) is 11.4 Å². The summed E-state index contributed by atoms with van der Waals surface area (Å²) in [6.07, 6.45) is 3.95. The molecule has 2 fully saturated rings. The van der Waals surface area contributed by atoms with Gasteiger partial charge in [-0.1, -0.05) is 18.2 Å². The highest BCUT2D eigenvalue weighted by Crippen LogP contribution is 2.39. The van der Waals surface area contributed by atoms with Gasteiger partial charge in [-0.15, -0.1) is 0 Å². The van der Waals surface area contributed by atoms with E-state index in [2.05, 4.69) is 15.7 Å². The average Bonchev–Trinajstić information content (AvgIpc) is 3.60. The summed E-state index contributed by atoms with van der Waals surface area (Å²) in [6.45, 7) is -0.532. The molecule has 0 unspecified atom stereocenters. The van der Waals surface area contributed by atoms with Crippen LogP contribution in [0.2, 0.25) is 0 Å². The Hall–Kier alpha value is -3.16. The second-order valence-electron chi connectivity index (χ2n) is 6.85. The Morgan fingerprint density at radius 1 is 1.11 bits per heavy atom. The molecule has 0 spiro atoms. The minimum atomic E-state index is -0.672. The lowest BCUT2D eigenvalue weighted by molar-refractivity contribution is -0.123. The van der Waals surface area contributed by atoms with Crippen molar-refractivity contribution in [1.29, 1.82) is 0 Å². The number of aromatic nitrogens is 2. The van der Waals surface area contributed by atoms with E-state index in [1.165, 1.54) is 4.68 Å². The largest absolute Gasteiger partial charge is 0.451 e. The number of amides is 3. The molecule has 8 heteroatoms. The van der Waals surface area contributed by atoms with Crippen molar-refractivity contribution < 1.29 is 19.1 Å². The van der Waals surface area contributed by atoms with Gasteiger partial charge in [-0.3, -0.25) is 10.1 Å². The number of benzene rings is 1. The van der Waals surface area contributed by atoms with E-state index < -0.39 is 24.5 Å². The summed E-state index contributed by atoms with van der Waals surface area (Å²) in [5.74, 6) is -0.957. The lowest BCUT2D eigenvalue weighted by Crippen LogP contribution is -2.42. The molecule has 2 saturated carbocycles. The number of para-hydroxylation sites is 1. The van der Waals surface area contributed by atoms with Gasteiger partial charge < -0.3 is 10.1 Å². The van der Waals surface area contributed by atoms with E-state index in [0.717, 1.165) is 37.1 Å². The zero-order valence-electron chi connectivity index (χ0n) is 14.7. The van der Waals surface area contributed by atoms with Crippen molar-refractivity contribution in [2.24, 2.45) is 0 Å². The number of imide groups is 1. The second kappa shape index (κ2) is 7.22. The Kier molecular flexibility index (Phi) is 4.62. The van der Waals surface area contributed by atoms with Gasteiger partial charge in [-0.2, -0.15) is 5.10 Å². The lowest BCUT2D eigenvalue weighted by atomic mass is 10.2. The van der Waals surface area contributed by atoms with Crippen LogP contribution in [-0.2, 0) is 9.53 Å². The van der Waals surface area contributed by atoms with Crippen molar-refractivity contribution in [3.05, 3.63) is 47.8 Å². The third kappa shape index (κ3) is 4.33. The molecular weight excluding hydrogens is 348 g/mol. The number of carbonyl (C=O) groups is 3. The third-order valence-electron chi connectivity index (χ3n) is 4.43. The first kappa shape index (κ1) is 17.3. The Balaban J connectivity index is 1.41. The van der Waals surface area contributed by atoms with Crippen molar-refractivity contribution in [1.82, 2.24) is 20.4 Å². The number of urea groups is 1. The normalized spacial score (nSPS) is 15.9. The minimum absolute atomic E-state index is 0.140. The highest BCUT2D eigenvalue weighted by atomic mass is 16.5. The summed E-state index contributed by atoms with van der Waals surface area (Å²) in [6, 6.07) is 10.6. The van der Waals surface area contributed by atoms with Crippen molar-refractivity contribution in [2.75, 3.05) is 6.61 Å². The van der Waals surface area contributed by atoms with Gasteiger partial charge in [-0.05, 0) is 43.9 Å². The molecule has 4 rings (SSSR count). The number of carbonyl (C=O) groups excluding carboxylic acids is 3. The van der Waals surface area contributed by atoms with Gasteiger partial charge in [0.15, 0.2) is 12.3 Å². The molecule has 2 aromatic rings. The number of rotatable bonds is 6. The molecule has 2 N–H and O–H groups in total. The van der Waals surface area contributed by atoms with E-state index >= 15 is 0 Å². The van der Waals surface area contributed by atoms with Crippen molar-refractivity contribution in [3.8, 4) is 5.69 Å². The number of nitrogens with zero attached hydrogens (tertiary/aromatic N) is 2. The molecule has 0 aliphatic heterocycles. The monoisotopic (exact) mass is 368 g/mol. The first-order chi connectivity index (χ1) is 13.1. The van der Waals surface area contributed by atoms with E-state index in [-0.39, 0.29) is 11.7 Å². The van der Waals surface area contributed by atoms with Crippen LogP contribution in [0.1, 0.15) is 47.8 Å². The summed E-state index contributed by atoms with van der Waals surface area (Å²) in [5.41, 5.74) is 1.85. The molecule has 2 aliphatic carbocycles. The Morgan fingerprint density at radius 2 is 1.85 bits per heavy atom. The number of ether oxygens (including phenoxy) is 1. The van der Waals surface area contributed by atoms with Crippen molar-refractivity contribution in [3.63, 3.8) is 0 Å². The molecular formula is C19H20N4O4. The molecule has 140 valence electrons. The molecule has 1 aromatic heterocycles. The van der Waals surface area contributed by atoms with E-state index in [1.807, 2.05) is 30.3 Å². The van der Waals surface area contributed by atoms with Crippen LogP contribution in [0.5, 0.6) is 0 Å². The predicted molar refractivity (Wildman–Crippen MR) is 95.5 cm³/mol. The summed E-state index contributed by atoms with van der Waals surface area (Å²) in [7, 11) is 0. The standard InChI is InChI=1S/C19H20N4O4/c24-17(21-19(26)20-13-8-9-13)11-27-18(25)16-10-15(12-6-7-12)22-23(16)14-4-2-1-3-5-14/h1-5,10,12-13H,6-9,11H2,(H2,20,21,24,26). The Labute approximate surface area is 155 Å². The summed E-state index contributed by atoms with van der Waals surface area (Å²) < 4.78 is 6.63. The molecule has 2 aliphatic rings. The van der Waals surface area contributed by atoms with Gasteiger partial charge in [0.25, 0.3) is 5.91 Å².